The lowest BCUT2D eigenvalue weighted by molar-refractivity contribution is -0.139. The Balaban J connectivity index is 2.05. The number of amides is 2. The van der Waals surface area contributed by atoms with Gasteiger partial charge in [-0.05, 0) is 68.3 Å². The number of ether oxygens (including phenoxy) is 2. The van der Waals surface area contributed by atoms with Crippen molar-refractivity contribution >= 4 is 39.1 Å². The summed E-state index contributed by atoms with van der Waals surface area (Å²) in [6.45, 7) is 5.36. The molecule has 3 aromatic carbocycles. The van der Waals surface area contributed by atoms with Gasteiger partial charge in [0.05, 0.1) is 29.8 Å². The van der Waals surface area contributed by atoms with E-state index in [1.807, 2.05) is 13.8 Å². The zero-order valence-electron chi connectivity index (χ0n) is 23.9. The van der Waals surface area contributed by atoms with Crippen LogP contribution in [-0.4, -0.2) is 58.5 Å². The van der Waals surface area contributed by atoms with E-state index in [2.05, 4.69) is 5.32 Å². The largest absolute Gasteiger partial charge is 0.497 e. The predicted octanol–water partition coefficient (Wildman–Crippen LogP) is 4.80. The fourth-order valence-electron chi connectivity index (χ4n) is 4.08. The molecule has 0 aliphatic rings. The first kappa shape index (κ1) is 31.8. The molecule has 3 aromatic rings. The highest BCUT2D eigenvalue weighted by molar-refractivity contribution is 7.92. The van der Waals surface area contributed by atoms with E-state index < -0.39 is 28.5 Å². The third-order valence-electron chi connectivity index (χ3n) is 6.54. The van der Waals surface area contributed by atoms with Crippen LogP contribution in [0.3, 0.4) is 0 Å². The second-order valence-electron chi connectivity index (χ2n) is 9.48. The Labute approximate surface area is 247 Å². The minimum absolute atomic E-state index is 0.0123. The molecule has 0 heterocycles. The van der Waals surface area contributed by atoms with Crippen molar-refractivity contribution in [1.82, 2.24) is 10.2 Å². The summed E-state index contributed by atoms with van der Waals surface area (Å²) in [5.41, 5.74) is 1.81. The number of methoxy groups -OCH3 is 2. The molecule has 0 aromatic heterocycles. The molecule has 11 heteroatoms. The van der Waals surface area contributed by atoms with Crippen LogP contribution in [0.1, 0.15) is 31.4 Å². The predicted molar refractivity (Wildman–Crippen MR) is 160 cm³/mol. The third kappa shape index (κ3) is 7.92. The van der Waals surface area contributed by atoms with E-state index in [0.717, 1.165) is 21.9 Å². The van der Waals surface area contributed by atoms with Gasteiger partial charge in [0.15, 0.2) is 0 Å². The number of halogens is 1. The normalized spacial score (nSPS) is 11.9. The van der Waals surface area contributed by atoms with Crippen LogP contribution in [0, 0.1) is 6.92 Å². The maximum atomic E-state index is 14.0. The standard InChI is InChI=1S/C30H36ClN3O6S/c1-6-17-32-30(36)22(3)33(19-23-9-12-25(39-4)13-10-23)29(35)20-34(24-11-16-28(40-5)27(31)18-24)41(37,38)26-14-7-21(2)8-15-26/h7-16,18,22H,6,17,19-20H2,1-5H3,(H,32,36)/t22-/m1/s1. The first-order chi connectivity index (χ1) is 19.5. The molecule has 0 spiro atoms. The summed E-state index contributed by atoms with van der Waals surface area (Å²) in [5, 5.41) is 3.01. The summed E-state index contributed by atoms with van der Waals surface area (Å²) in [4.78, 5) is 28.3. The second kappa shape index (κ2) is 14.2. The highest BCUT2D eigenvalue weighted by atomic mass is 35.5. The van der Waals surface area contributed by atoms with Gasteiger partial charge < -0.3 is 19.7 Å². The molecule has 2 amide bonds. The average molecular weight is 602 g/mol. The lowest BCUT2D eigenvalue weighted by atomic mass is 10.1. The zero-order valence-corrected chi connectivity index (χ0v) is 25.5. The molecule has 0 radical (unpaired) electrons. The van der Waals surface area contributed by atoms with Crippen LogP contribution in [0.25, 0.3) is 0 Å². The summed E-state index contributed by atoms with van der Waals surface area (Å²) < 4.78 is 39.3. The van der Waals surface area contributed by atoms with E-state index in [4.69, 9.17) is 21.1 Å². The second-order valence-corrected chi connectivity index (χ2v) is 11.7. The fourth-order valence-corrected chi connectivity index (χ4v) is 5.74. The molecule has 0 aliphatic carbocycles. The number of rotatable bonds is 13. The molecule has 0 unspecified atom stereocenters. The number of carbonyl (C=O) groups excluding carboxylic acids is 2. The fraction of sp³-hybridized carbons (Fsp3) is 0.333. The van der Waals surface area contributed by atoms with Gasteiger partial charge in [-0.2, -0.15) is 0 Å². The summed E-state index contributed by atoms with van der Waals surface area (Å²) >= 11 is 6.36. The average Bonchev–Trinajstić information content (AvgIpc) is 2.97. The summed E-state index contributed by atoms with van der Waals surface area (Å²) in [5.74, 6) is 0.0978. The van der Waals surface area contributed by atoms with Crippen molar-refractivity contribution in [2.75, 3.05) is 31.6 Å². The van der Waals surface area contributed by atoms with Gasteiger partial charge in [0.1, 0.15) is 24.1 Å². The van der Waals surface area contributed by atoms with E-state index in [-0.39, 0.29) is 28.1 Å². The first-order valence-electron chi connectivity index (χ1n) is 13.1. The van der Waals surface area contributed by atoms with Crippen LogP contribution in [0.5, 0.6) is 11.5 Å². The molecule has 220 valence electrons. The highest BCUT2D eigenvalue weighted by Gasteiger charge is 2.32. The Morgan fingerprint density at radius 1 is 0.976 bits per heavy atom. The number of hydrogen-bond donors (Lipinski definition) is 1. The maximum absolute atomic E-state index is 14.0. The number of benzene rings is 3. The minimum atomic E-state index is -4.21. The molecule has 1 N–H and O–H groups in total. The smallest absolute Gasteiger partial charge is 0.264 e. The van der Waals surface area contributed by atoms with Crippen molar-refractivity contribution < 1.29 is 27.5 Å². The van der Waals surface area contributed by atoms with Gasteiger partial charge in [-0.25, -0.2) is 8.42 Å². The lowest BCUT2D eigenvalue weighted by Crippen LogP contribution is -2.51. The molecule has 9 nitrogen and oxygen atoms in total. The molecule has 0 saturated carbocycles. The van der Waals surface area contributed by atoms with Gasteiger partial charge in [0.25, 0.3) is 10.0 Å². The topological polar surface area (TPSA) is 105 Å². The van der Waals surface area contributed by atoms with E-state index in [1.165, 1.54) is 42.3 Å². The van der Waals surface area contributed by atoms with Crippen LogP contribution in [-0.2, 0) is 26.2 Å². The molecule has 1 atom stereocenters. The number of nitrogens with zero attached hydrogens (tertiary/aromatic N) is 2. The Bertz CT molecular complexity index is 1450. The zero-order chi connectivity index (χ0) is 30.2. The van der Waals surface area contributed by atoms with Crippen molar-refractivity contribution in [3.05, 3.63) is 82.9 Å². The molecule has 41 heavy (non-hydrogen) atoms. The number of nitrogens with one attached hydrogen (secondary N) is 1. The quantitative estimate of drug-likeness (QED) is 0.302. The SMILES string of the molecule is CCCNC(=O)[C@@H](C)N(Cc1ccc(OC)cc1)C(=O)CN(c1ccc(OC)c(Cl)c1)S(=O)(=O)c1ccc(C)cc1. The first-order valence-corrected chi connectivity index (χ1v) is 15.0. The Morgan fingerprint density at radius 2 is 1.63 bits per heavy atom. The van der Waals surface area contributed by atoms with Crippen molar-refractivity contribution in [1.29, 1.82) is 0 Å². The summed E-state index contributed by atoms with van der Waals surface area (Å²) in [6.07, 6.45) is 0.728. The molecule has 0 fully saturated rings. The van der Waals surface area contributed by atoms with Gasteiger partial charge in [-0.15, -0.1) is 0 Å². The Hall–Kier alpha value is -3.76. The van der Waals surface area contributed by atoms with Crippen molar-refractivity contribution in [3.63, 3.8) is 0 Å². The van der Waals surface area contributed by atoms with Crippen molar-refractivity contribution in [2.24, 2.45) is 0 Å². The number of anilines is 1. The van der Waals surface area contributed by atoms with Gasteiger partial charge >= 0.3 is 0 Å². The molecular weight excluding hydrogens is 566 g/mol. The number of carbonyl (C=O) groups is 2. The maximum Gasteiger partial charge on any atom is 0.264 e. The number of sulfonamides is 1. The summed E-state index contributed by atoms with van der Waals surface area (Å²) in [7, 11) is -1.20. The molecule has 3 rings (SSSR count). The molecule has 0 aliphatic heterocycles. The molecular formula is C30H36ClN3O6S. The number of hydrogen-bond acceptors (Lipinski definition) is 6. The van der Waals surface area contributed by atoms with E-state index in [0.29, 0.717) is 18.0 Å². The van der Waals surface area contributed by atoms with Crippen LogP contribution >= 0.6 is 11.6 Å². The van der Waals surface area contributed by atoms with E-state index >= 15 is 0 Å². The Morgan fingerprint density at radius 3 is 2.20 bits per heavy atom. The van der Waals surface area contributed by atoms with Gasteiger partial charge in [0, 0.05) is 13.1 Å². The summed E-state index contributed by atoms with van der Waals surface area (Å²) in [6, 6.07) is 17.1. The van der Waals surface area contributed by atoms with E-state index in [9.17, 15) is 18.0 Å². The molecule has 0 saturated heterocycles. The molecule has 0 bridgehead atoms. The third-order valence-corrected chi connectivity index (χ3v) is 8.62. The van der Waals surface area contributed by atoms with Gasteiger partial charge in [-0.1, -0.05) is 48.4 Å². The van der Waals surface area contributed by atoms with Crippen LogP contribution in [0.4, 0.5) is 5.69 Å². The number of aryl methyl sites for hydroxylation is 1. The van der Waals surface area contributed by atoms with Gasteiger partial charge in [0.2, 0.25) is 11.8 Å². The minimum Gasteiger partial charge on any atom is -0.497 e. The lowest BCUT2D eigenvalue weighted by Gasteiger charge is -2.32. The van der Waals surface area contributed by atoms with Gasteiger partial charge in [-0.3, -0.25) is 13.9 Å². The van der Waals surface area contributed by atoms with Crippen LogP contribution < -0.4 is 19.1 Å². The van der Waals surface area contributed by atoms with Crippen molar-refractivity contribution in [3.8, 4) is 11.5 Å². The van der Waals surface area contributed by atoms with Crippen molar-refractivity contribution in [2.45, 2.75) is 44.7 Å². The Kier molecular flexibility index (Phi) is 11.0. The highest BCUT2D eigenvalue weighted by Crippen LogP contribution is 2.32. The van der Waals surface area contributed by atoms with E-state index in [1.54, 1.807) is 50.4 Å². The van der Waals surface area contributed by atoms with Crippen LogP contribution in [0.2, 0.25) is 5.02 Å². The monoisotopic (exact) mass is 601 g/mol. The van der Waals surface area contributed by atoms with Crippen LogP contribution in [0.15, 0.2) is 71.6 Å².